The number of rotatable bonds is 6. The van der Waals surface area contributed by atoms with Crippen molar-refractivity contribution in [3.8, 4) is 22.9 Å². The molecule has 1 aliphatic rings. The zero-order valence-corrected chi connectivity index (χ0v) is 17.0. The van der Waals surface area contributed by atoms with Crippen LogP contribution in [0.1, 0.15) is 35.0 Å². The SMILES string of the molecule is CCCn1cc(N2Cc3nc(-c4cnc(OC)c(OC)c4)cc(C)c3C2=O)cn1. The highest BCUT2D eigenvalue weighted by atomic mass is 16.5. The molecule has 0 spiro atoms. The molecule has 0 atom stereocenters. The Morgan fingerprint density at radius 1 is 1.17 bits per heavy atom. The molecule has 4 heterocycles. The standard InChI is InChI=1S/C21H23N5O3/c1-5-6-25-11-15(10-23-25)26-12-17-19(21(26)27)13(2)7-16(24-17)14-8-18(28-3)20(29-4)22-9-14/h7-11H,5-6,12H2,1-4H3. The van der Waals surface area contributed by atoms with Gasteiger partial charge in [-0.25, -0.2) is 4.98 Å². The predicted molar refractivity (Wildman–Crippen MR) is 108 cm³/mol. The molecule has 0 radical (unpaired) electrons. The molecule has 1 amide bonds. The Balaban J connectivity index is 1.69. The summed E-state index contributed by atoms with van der Waals surface area (Å²) < 4.78 is 12.4. The van der Waals surface area contributed by atoms with Gasteiger partial charge in [0.1, 0.15) is 0 Å². The first kappa shape index (κ1) is 18.9. The summed E-state index contributed by atoms with van der Waals surface area (Å²) in [5, 5.41) is 4.34. The van der Waals surface area contributed by atoms with E-state index in [2.05, 4.69) is 17.0 Å². The van der Waals surface area contributed by atoms with Crippen LogP contribution in [0.15, 0.2) is 30.7 Å². The first-order valence-corrected chi connectivity index (χ1v) is 9.49. The molecule has 150 valence electrons. The minimum Gasteiger partial charge on any atom is -0.491 e. The molecule has 0 fully saturated rings. The number of carbonyl (C=O) groups is 1. The smallest absolute Gasteiger partial charge is 0.260 e. The van der Waals surface area contributed by atoms with Gasteiger partial charge in [-0.1, -0.05) is 6.92 Å². The van der Waals surface area contributed by atoms with Crippen molar-refractivity contribution in [3.63, 3.8) is 0 Å². The number of hydrogen-bond donors (Lipinski definition) is 0. The largest absolute Gasteiger partial charge is 0.491 e. The first-order valence-electron chi connectivity index (χ1n) is 9.49. The number of aryl methyl sites for hydroxylation is 2. The number of anilines is 1. The van der Waals surface area contributed by atoms with E-state index in [9.17, 15) is 4.79 Å². The van der Waals surface area contributed by atoms with Crippen LogP contribution in [0.2, 0.25) is 0 Å². The van der Waals surface area contributed by atoms with Crippen molar-refractivity contribution in [2.24, 2.45) is 0 Å². The molecule has 0 aromatic carbocycles. The van der Waals surface area contributed by atoms with Gasteiger partial charge in [-0.15, -0.1) is 0 Å². The maximum absolute atomic E-state index is 13.0. The van der Waals surface area contributed by atoms with E-state index in [1.807, 2.05) is 29.9 Å². The van der Waals surface area contributed by atoms with Gasteiger partial charge in [0.2, 0.25) is 0 Å². The molecule has 0 bridgehead atoms. The van der Waals surface area contributed by atoms with Crippen LogP contribution in [-0.2, 0) is 13.1 Å². The lowest BCUT2D eigenvalue weighted by molar-refractivity contribution is 0.0996. The Morgan fingerprint density at radius 3 is 2.72 bits per heavy atom. The number of nitrogens with zero attached hydrogens (tertiary/aromatic N) is 5. The van der Waals surface area contributed by atoms with Crippen LogP contribution >= 0.6 is 0 Å². The highest BCUT2D eigenvalue weighted by Gasteiger charge is 2.32. The zero-order chi connectivity index (χ0) is 20.5. The Morgan fingerprint density at radius 2 is 2.00 bits per heavy atom. The molecule has 0 unspecified atom stereocenters. The van der Waals surface area contributed by atoms with Crippen LogP contribution < -0.4 is 14.4 Å². The van der Waals surface area contributed by atoms with Crippen LogP contribution in [-0.4, -0.2) is 39.9 Å². The molecule has 8 nitrogen and oxygen atoms in total. The van der Waals surface area contributed by atoms with Crippen LogP contribution in [0.3, 0.4) is 0 Å². The monoisotopic (exact) mass is 393 g/mol. The molecule has 29 heavy (non-hydrogen) atoms. The van der Waals surface area contributed by atoms with E-state index in [4.69, 9.17) is 14.5 Å². The Hall–Kier alpha value is -3.42. The van der Waals surface area contributed by atoms with Crippen molar-refractivity contribution in [2.45, 2.75) is 33.4 Å². The molecule has 8 heteroatoms. The molecule has 3 aromatic rings. The van der Waals surface area contributed by atoms with E-state index in [1.54, 1.807) is 31.5 Å². The van der Waals surface area contributed by atoms with E-state index >= 15 is 0 Å². The summed E-state index contributed by atoms with van der Waals surface area (Å²) in [6.07, 6.45) is 6.31. The Labute approximate surface area is 169 Å². The fourth-order valence-corrected chi connectivity index (χ4v) is 3.57. The average Bonchev–Trinajstić information content (AvgIpc) is 3.32. The fourth-order valence-electron chi connectivity index (χ4n) is 3.57. The molecule has 0 saturated heterocycles. The molecule has 0 N–H and O–H groups in total. The first-order chi connectivity index (χ1) is 14.0. The lowest BCUT2D eigenvalue weighted by atomic mass is 10.1. The minimum atomic E-state index is -0.0435. The van der Waals surface area contributed by atoms with Crippen molar-refractivity contribution < 1.29 is 14.3 Å². The van der Waals surface area contributed by atoms with Crippen molar-refractivity contribution in [1.29, 1.82) is 0 Å². The second-order valence-corrected chi connectivity index (χ2v) is 6.93. The number of hydrogen-bond acceptors (Lipinski definition) is 6. The summed E-state index contributed by atoms with van der Waals surface area (Å²) in [5.41, 5.74) is 4.62. The quantitative estimate of drug-likeness (QED) is 0.639. The number of pyridine rings is 2. The van der Waals surface area contributed by atoms with Gasteiger partial charge in [0.05, 0.1) is 49.6 Å². The third-order valence-electron chi connectivity index (χ3n) is 4.97. The van der Waals surface area contributed by atoms with Crippen molar-refractivity contribution in [3.05, 3.63) is 47.5 Å². The van der Waals surface area contributed by atoms with Gasteiger partial charge in [-0.05, 0) is 31.0 Å². The maximum Gasteiger partial charge on any atom is 0.260 e. The van der Waals surface area contributed by atoms with Crippen LogP contribution in [0.5, 0.6) is 11.6 Å². The van der Waals surface area contributed by atoms with Crippen molar-refractivity contribution >= 4 is 11.6 Å². The third kappa shape index (κ3) is 3.30. The molecular formula is C21H23N5O3. The summed E-state index contributed by atoms with van der Waals surface area (Å²) >= 11 is 0. The predicted octanol–water partition coefficient (Wildman–Crippen LogP) is 3.24. The third-order valence-corrected chi connectivity index (χ3v) is 4.97. The normalized spacial score (nSPS) is 13.0. The number of methoxy groups -OCH3 is 2. The number of amides is 1. The van der Waals surface area contributed by atoms with Crippen LogP contribution in [0, 0.1) is 6.92 Å². The highest BCUT2D eigenvalue weighted by molar-refractivity contribution is 6.10. The number of fused-ring (bicyclic) bond motifs is 1. The molecule has 0 saturated carbocycles. The molecule has 1 aliphatic heterocycles. The van der Waals surface area contributed by atoms with Gasteiger partial charge in [0, 0.05) is 24.5 Å². The summed E-state index contributed by atoms with van der Waals surface area (Å²) in [6.45, 7) is 5.26. The van der Waals surface area contributed by atoms with Gasteiger partial charge in [0.15, 0.2) is 5.75 Å². The zero-order valence-electron chi connectivity index (χ0n) is 17.0. The topological polar surface area (TPSA) is 82.4 Å². The second-order valence-electron chi connectivity index (χ2n) is 6.93. The maximum atomic E-state index is 13.0. The lowest BCUT2D eigenvalue weighted by Crippen LogP contribution is -2.22. The van der Waals surface area contributed by atoms with Crippen LogP contribution in [0.25, 0.3) is 11.3 Å². The summed E-state index contributed by atoms with van der Waals surface area (Å²) in [7, 11) is 3.12. The molecule has 3 aromatic heterocycles. The minimum absolute atomic E-state index is 0.0435. The van der Waals surface area contributed by atoms with E-state index < -0.39 is 0 Å². The Bertz CT molecular complexity index is 1080. The van der Waals surface area contributed by atoms with Gasteiger partial charge in [-0.3, -0.25) is 19.4 Å². The van der Waals surface area contributed by atoms with Crippen molar-refractivity contribution in [1.82, 2.24) is 19.7 Å². The van der Waals surface area contributed by atoms with Crippen LogP contribution in [0.4, 0.5) is 5.69 Å². The summed E-state index contributed by atoms with van der Waals surface area (Å²) in [6, 6.07) is 3.74. The summed E-state index contributed by atoms with van der Waals surface area (Å²) in [4.78, 5) is 23.8. The lowest BCUT2D eigenvalue weighted by Gasteiger charge is -2.12. The Kier molecular flexibility index (Phi) is 4.92. The van der Waals surface area contributed by atoms with E-state index in [1.165, 1.54) is 0 Å². The molecule has 4 rings (SSSR count). The number of ether oxygens (including phenoxy) is 2. The van der Waals surface area contributed by atoms with Gasteiger partial charge < -0.3 is 9.47 Å². The number of carbonyl (C=O) groups excluding carboxylic acids is 1. The van der Waals surface area contributed by atoms with Gasteiger partial charge >= 0.3 is 0 Å². The van der Waals surface area contributed by atoms with E-state index in [-0.39, 0.29) is 5.91 Å². The van der Waals surface area contributed by atoms with Crippen molar-refractivity contribution in [2.75, 3.05) is 19.1 Å². The second kappa shape index (κ2) is 7.54. The van der Waals surface area contributed by atoms with E-state index in [0.29, 0.717) is 23.7 Å². The summed E-state index contributed by atoms with van der Waals surface area (Å²) in [5.74, 6) is 0.906. The highest BCUT2D eigenvalue weighted by Crippen LogP contribution is 2.34. The molecular weight excluding hydrogens is 370 g/mol. The van der Waals surface area contributed by atoms with Gasteiger partial charge in [-0.2, -0.15) is 5.10 Å². The fraction of sp³-hybridized carbons (Fsp3) is 0.333. The number of aromatic nitrogens is 4. The van der Waals surface area contributed by atoms with E-state index in [0.717, 1.165) is 41.2 Å². The molecule has 0 aliphatic carbocycles. The average molecular weight is 393 g/mol. The van der Waals surface area contributed by atoms with Gasteiger partial charge in [0.25, 0.3) is 11.8 Å².